The molecule has 1 aliphatic rings. The topological polar surface area (TPSA) is 92.2 Å². The molecule has 1 unspecified atom stereocenters. The minimum absolute atomic E-state index is 0.000340. The van der Waals surface area contributed by atoms with Crippen molar-refractivity contribution in [2.24, 2.45) is 0 Å². The molecule has 7 nitrogen and oxygen atoms in total. The van der Waals surface area contributed by atoms with Crippen molar-refractivity contribution in [2.45, 2.75) is 25.6 Å². The third-order valence-electron chi connectivity index (χ3n) is 5.18. The van der Waals surface area contributed by atoms with E-state index in [-0.39, 0.29) is 30.6 Å². The zero-order valence-electron chi connectivity index (χ0n) is 16.9. The summed E-state index contributed by atoms with van der Waals surface area (Å²) in [5.74, 6) is -2.60. The van der Waals surface area contributed by atoms with E-state index in [4.69, 9.17) is 0 Å². The van der Waals surface area contributed by atoms with Crippen LogP contribution in [-0.2, 0) is 17.9 Å². The van der Waals surface area contributed by atoms with Gasteiger partial charge in [-0.1, -0.05) is 30.3 Å². The molecule has 2 aromatic carbocycles. The van der Waals surface area contributed by atoms with Gasteiger partial charge in [-0.25, -0.2) is 14.2 Å². The predicted octanol–water partition coefficient (Wildman–Crippen LogP) is 2.17. The molecule has 2 heterocycles. The van der Waals surface area contributed by atoms with Crippen molar-refractivity contribution in [2.75, 3.05) is 0 Å². The minimum atomic E-state index is -1.00. The van der Waals surface area contributed by atoms with E-state index in [1.165, 1.54) is 22.9 Å². The lowest BCUT2D eigenvalue weighted by atomic mass is 10.0. The van der Waals surface area contributed by atoms with Gasteiger partial charge >= 0.3 is 0 Å². The number of hydrogen-bond donors (Lipinski definition) is 3. The average molecular weight is 438 g/mol. The first-order chi connectivity index (χ1) is 15.4. The second kappa shape index (κ2) is 9.11. The second-order valence-corrected chi connectivity index (χ2v) is 7.48. The van der Waals surface area contributed by atoms with Gasteiger partial charge in [0, 0.05) is 19.2 Å². The van der Waals surface area contributed by atoms with Crippen molar-refractivity contribution >= 4 is 11.8 Å². The van der Waals surface area contributed by atoms with E-state index in [2.05, 4.69) is 16.2 Å². The molecule has 1 aromatic heterocycles. The van der Waals surface area contributed by atoms with E-state index in [0.29, 0.717) is 12.0 Å². The van der Waals surface area contributed by atoms with Gasteiger partial charge in [0.2, 0.25) is 5.91 Å². The van der Waals surface area contributed by atoms with Crippen LogP contribution in [0, 0.1) is 11.6 Å². The predicted molar refractivity (Wildman–Crippen MR) is 112 cm³/mol. The first-order valence-electron chi connectivity index (χ1n) is 9.95. The monoisotopic (exact) mass is 438 g/mol. The van der Waals surface area contributed by atoms with Crippen molar-refractivity contribution in [3.05, 3.63) is 105 Å². The molecule has 1 fully saturated rings. The highest BCUT2D eigenvalue weighted by atomic mass is 19.2. The number of nitrogens with one attached hydrogen (secondary N) is 3. The van der Waals surface area contributed by atoms with Gasteiger partial charge < -0.3 is 9.88 Å². The van der Waals surface area contributed by atoms with Gasteiger partial charge in [-0.2, -0.15) is 0 Å². The van der Waals surface area contributed by atoms with Crippen LogP contribution in [0.5, 0.6) is 0 Å². The number of carbonyl (C=O) groups excluding carboxylic acids is 2. The van der Waals surface area contributed by atoms with Crippen molar-refractivity contribution in [1.29, 1.82) is 0 Å². The molecule has 1 saturated heterocycles. The third-order valence-corrected chi connectivity index (χ3v) is 5.18. The Bertz CT molecular complexity index is 1240. The van der Waals surface area contributed by atoms with Crippen molar-refractivity contribution in [1.82, 2.24) is 20.7 Å². The molecule has 0 saturated carbocycles. The molecule has 3 aromatic rings. The number of hydrogen-bond acceptors (Lipinski definition) is 4. The van der Waals surface area contributed by atoms with Crippen LogP contribution in [0.4, 0.5) is 8.78 Å². The van der Waals surface area contributed by atoms with E-state index < -0.39 is 23.1 Å². The quantitative estimate of drug-likeness (QED) is 0.550. The zero-order chi connectivity index (χ0) is 22.7. The average Bonchev–Trinajstić information content (AvgIpc) is 3.22. The maximum Gasteiger partial charge on any atom is 0.263 e. The van der Waals surface area contributed by atoms with E-state index in [9.17, 15) is 23.2 Å². The summed E-state index contributed by atoms with van der Waals surface area (Å²) >= 11 is 0. The molecule has 1 aliphatic heterocycles. The fourth-order valence-electron chi connectivity index (χ4n) is 3.52. The van der Waals surface area contributed by atoms with Crippen LogP contribution in [0.2, 0.25) is 0 Å². The Morgan fingerprint density at radius 3 is 2.62 bits per heavy atom. The molecule has 3 N–H and O–H groups in total. The Labute approximate surface area is 182 Å². The lowest BCUT2D eigenvalue weighted by molar-refractivity contribution is -0.119. The Hall–Kier alpha value is -3.85. The summed E-state index contributed by atoms with van der Waals surface area (Å²) in [5.41, 5.74) is 6.99. The van der Waals surface area contributed by atoms with Crippen molar-refractivity contribution in [3.63, 3.8) is 0 Å². The normalized spacial score (nSPS) is 15.4. The van der Waals surface area contributed by atoms with Crippen LogP contribution >= 0.6 is 0 Å². The number of aromatic nitrogens is 1. The summed E-state index contributed by atoms with van der Waals surface area (Å²) < 4.78 is 27.8. The molecular weight excluding hydrogens is 418 g/mol. The number of benzene rings is 2. The maximum atomic E-state index is 13.4. The van der Waals surface area contributed by atoms with Crippen LogP contribution in [0.15, 0.2) is 65.6 Å². The van der Waals surface area contributed by atoms with Gasteiger partial charge in [0.05, 0.1) is 12.6 Å². The van der Waals surface area contributed by atoms with E-state index in [0.717, 1.165) is 23.3 Å². The summed E-state index contributed by atoms with van der Waals surface area (Å²) in [4.78, 5) is 36.7. The van der Waals surface area contributed by atoms with Crippen LogP contribution in [0.1, 0.15) is 39.5 Å². The molecule has 0 spiro atoms. The molecule has 0 radical (unpaired) electrons. The van der Waals surface area contributed by atoms with Gasteiger partial charge in [-0.15, -0.1) is 0 Å². The third kappa shape index (κ3) is 4.73. The summed E-state index contributed by atoms with van der Waals surface area (Å²) in [6.07, 6.45) is 1.81. The van der Waals surface area contributed by atoms with Gasteiger partial charge in [0.1, 0.15) is 5.56 Å². The minimum Gasteiger partial charge on any atom is -0.348 e. The highest BCUT2D eigenvalue weighted by Crippen LogP contribution is 2.20. The molecule has 2 amide bonds. The fourth-order valence-corrected chi connectivity index (χ4v) is 3.52. The van der Waals surface area contributed by atoms with Gasteiger partial charge in [-0.3, -0.25) is 19.8 Å². The summed E-state index contributed by atoms with van der Waals surface area (Å²) in [7, 11) is 0. The highest BCUT2D eigenvalue weighted by molar-refractivity contribution is 5.93. The summed E-state index contributed by atoms with van der Waals surface area (Å²) in [6, 6.07) is 13.6. The number of rotatable bonds is 6. The molecule has 0 aliphatic carbocycles. The second-order valence-electron chi connectivity index (χ2n) is 7.48. The Morgan fingerprint density at radius 1 is 1.03 bits per heavy atom. The van der Waals surface area contributed by atoms with Crippen LogP contribution in [0.3, 0.4) is 0 Å². The molecule has 164 valence electrons. The van der Waals surface area contributed by atoms with Crippen LogP contribution in [0.25, 0.3) is 0 Å². The SMILES string of the molecule is O=C1CC(c2cccc(CNC(=O)c3cccn(Cc4ccc(F)c(F)c4)c3=O)c2)NN1. The number of pyridine rings is 1. The molecule has 1 atom stereocenters. The first-order valence-corrected chi connectivity index (χ1v) is 9.95. The number of amides is 2. The Balaban J connectivity index is 1.45. The van der Waals surface area contributed by atoms with Crippen LogP contribution in [-0.4, -0.2) is 16.4 Å². The highest BCUT2D eigenvalue weighted by Gasteiger charge is 2.22. The standard InChI is InChI=1S/C23H20F2N4O3/c24-18-7-6-15(10-19(18)25)13-29-8-2-5-17(23(29)32)22(31)26-12-14-3-1-4-16(9-14)20-11-21(30)28-27-20/h1-10,20,27H,11-13H2,(H,26,31)(H,28,30). The maximum absolute atomic E-state index is 13.4. The Morgan fingerprint density at radius 2 is 1.88 bits per heavy atom. The largest absolute Gasteiger partial charge is 0.348 e. The molecule has 0 bridgehead atoms. The lowest BCUT2D eigenvalue weighted by Gasteiger charge is -2.12. The molecule has 4 rings (SSSR count). The van der Waals surface area contributed by atoms with E-state index in [1.807, 2.05) is 24.3 Å². The number of nitrogens with zero attached hydrogens (tertiary/aromatic N) is 1. The number of carbonyl (C=O) groups is 2. The summed E-state index contributed by atoms with van der Waals surface area (Å²) in [5, 5.41) is 2.73. The van der Waals surface area contributed by atoms with Gasteiger partial charge in [-0.05, 0) is 41.0 Å². The zero-order valence-corrected chi connectivity index (χ0v) is 16.9. The van der Waals surface area contributed by atoms with Gasteiger partial charge in [0.15, 0.2) is 11.6 Å². The lowest BCUT2D eigenvalue weighted by Crippen LogP contribution is -2.32. The molecular formula is C23H20F2N4O3. The Kier molecular flexibility index (Phi) is 6.09. The number of halogens is 2. The number of hydrazine groups is 1. The van der Waals surface area contributed by atoms with Crippen LogP contribution < -0.4 is 21.7 Å². The van der Waals surface area contributed by atoms with E-state index >= 15 is 0 Å². The molecule has 32 heavy (non-hydrogen) atoms. The van der Waals surface area contributed by atoms with Gasteiger partial charge in [0.25, 0.3) is 11.5 Å². The fraction of sp³-hybridized carbons (Fsp3) is 0.174. The smallest absolute Gasteiger partial charge is 0.263 e. The van der Waals surface area contributed by atoms with Crippen molar-refractivity contribution < 1.29 is 18.4 Å². The molecule has 9 heteroatoms. The van der Waals surface area contributed by atoms with E-state index in [1.54, 1.807) is 6.07 Å². The van der Waals surface area contributed by atoms with Crippen molar-refractivity contribution in [3.8, 4) is 0 Å². The first kappa shape index (κ1) is 21.4. The summed E-state index contributed by atoms with van der Waals surface area (Å²) in [6.45, 7) is 0.193.